The summed E-state index contributed by atoms with van der Waals surface area (Å²) in [7, 11) is 0. The third-order valence-electron chi connectivity index (χ3n) is 4.85. The Morgan fingerprint density at radius 1 is 1.04 bits per heavy atom. The van der Waals surface area contributed by atoms with E-state index in [0.717, 1.165) is 35.2 Å². The smallest absolute Gasteiger partial charge is 0.332 e. The molecule has 2 aromatic carbocycles. The van der Waals surface area contributed by atoms with Crippen LogP contribution in [-0.2, 0) is 19.1 Å². The summed E-state index contributed by atoms with van der Waals surface area (Å²) < 4.78 is 51.8. The number of nitrogens with one attached hydrogen (secondary N) is 1. The number of imidazole rings is 1. The van der Waals surface area contributed by atoms with Crippen molar-refractivity contribution in [3.63, 3.8) is 0 Å². The zero-order valence-electron chi connectivity index (χ0n) is 14.6. The highest BCUT2D eigenvalue weighted by molar-refractivity contribution is 5.92. The highest BCUT2D eigenvalue weighted by Gasteiger charge is 2.30. The average Bonchev–Trinajstić information content (AvgIpc) is 3.12. The maximum absolute atomic E-state index is 13.6. The molecule has 3 aromatic rings. The second-order valence-corrected chi connectivity index (χ2v) is 6.60. The van der Waals surface area contributed by atoms with Gasteiger partial charge in [-0.25, -0.2) is 4.98 Å². The molecule has 0 saturated carbocycles. The molecule has 1 aliphatic heterocycles. The molecule has 1 amide bonds. The van der Waals surface area contributed by atoms with Crippen molar-refractivity contribution in [2.45, 2.75) is 19.1 Å². The number of fused-ring (bicyclic) bond motifs is 1. The number of hydrogen-bond donors (Lipinski definition) is 1. The zero-order valence-corrected chi connectivity index (χ0v) is 14.6. The number of benzene rings is 2. The summed E-state index contributed by atoms with van der Waals surface area (Å²) in [6.07, 6.45) is -2.64. The molecule has 28 heavy (non-hydrogen) atoms. The van der Waals surface area contributed by atoms with E-state index in [1.807, 2.05) is 18.2 Å². The van der Waals surface area contributed by atoms with Crippen molar-refractivity contribution in [1.29, 1.82) is 0 Å². The molecule has 4 nitrogen and oxygen atoms in total. The number of nitrogens with zero attached hydrogens (tertiary/aromatic N) is 2. The molecule has 2 heterocycles. The van der Waals surface area contributed by atoms with Gasteiger partial charge >= 0.3 is 6.18 Å². The minimum absolute atomic E-state index is 0.248. The predicted molar refractivity (Wildman–Crippen MR) is 93.9 cm³/mol. The van der Waals surface area contributed by atoms with Gasteiger partial charge in [0.1, 0.15) is 0 Å². The van der Waals surface area contributed by atoms with Gasteiger partial charge in [0.05, 0.1) is 11.9 Å². The van der Waals surface area contributed by atoms with Crippen LogP contribution in [0, 0.1) is 5.95 Å². The van der Waals surface area contributed by atoms with Gasteiger partial charge in [-0.2, -0.15) is 17.6 Å². The summed E-state index contributed by atoms with van der Waals surface area (Å²) in [6.45, 7) is 0.729. The van der Waals surface area contributed by atoms with E-state index in [4.69, 9.17) is 0 Å². The van der Waals surface area contributed by atoms with Gasteiger partial charge in [-0.1, -0.05) is 24.3 Å². The first-order valence-corrected chi connectivity index (χ1v) is 8.60. The van der Waals surface area contributed by atoms with Crippen LogP contribution in [0.3, 0.4) is 0 Å². The van der Waals surface area contributed by atoms with Crippen molar-refractivity contribution in [3.05, 3.63) is 77.1 Å². The molecule has 0 saturated heterocycles. The number of carbonyl (C=O) groups excluding carboxylic acids is 1. The highest BCUT2D eigenvalue weighted by Crippen LogP contribution is 2.32. The van der Waals surface area contributed by atoms with E-state index >= 15 is 0 Å². The number of halogens is 4. The molecule has 8 heteroatoms. The van der Waals surface area contributed by atoms with E-state index in [1.165, 1.54) is 17.0 Å². The van der Waals surface area contributed by atoms with E-state index in [0.29, 0.717) is 18.5 Å². The molecule has 0 radical (unpaired) electrons. The zero-order chi connectivity index (χ0) is 19.9. The number of amides is 1. The Kier molecular flexibility index (Phi) is 4.41. The molecular weight excluding hydrogens is 374 g/mol. The summed E-state index contributed by atoms with van der Waals surface area (Å²) in [6, 6.07) is 10.6. The lowest BCUT2D eigenvalue weighted by atomic mass is 9.94. The van der Waals surface area contributed by atoms with E-state index < -0.39 is 23.6 Å². The largest absolute Gasteiger partial charge is 0.416 e. The Hall–Kier alpha value is -3.16. The Balaban J connectivity index is 1.59. The van der Waals surface area contributed by atoms with Crippen LogP contribution in [0.1, 0.15) is 27.2 Å². The molecule has 144 valence electrons. The highest BCUT2D eigenvalue weighted by atomic mass is 19.4. The Morgan fingerprint density at radius 2 is 1.75 bits per heavy atom. The number of aromatic nitrogens is 2. The minimum Gasteiger partial charge on any atom is -0.332 e. The quantitative estimate of drug-likeness (QED) is 0.659. The van der Waals surface area contributed by atoms with Crippen molar-refractivity contribution >= 4 is 5.91 Å². The van der Waals surface area contributed by atoms with E-state index in [2.05, 4.69) is 9.97 Å². The van der Waals surface area contributed by atoms with Crippen LogP contribution in [0.15, 0.2) is 48.8 Å². The van der Waals surface area contributed by atoms with Crippen molar-refractivity contribution in [2.24, 2.45) is 0 Å². The maximum Gasteiger partial charge on any atom is 0.416 e. The summed E-state index contributed by atoms with van der Waals surface area (Å²) in [5.74, 6) is -1.27. The first-order chi connectivity index (χ1) is 13.3. The third-order valence-corrected chi connectivity index (χ3v) is 4.85. The van der Waals surface area contributed by atoms with Gasteiger partial charge < -0.3 is 9.88 Å². The van der Waals surface area contributed by atoms with Crippen molar-refractivity contribution in [1.82, 2.24) is 14.9 Å². The van der Waals surface area contributed by atoms with Gasteiger partial charge in [0.15, 0.2) is 5.69 Å². The fourth-order valence-corrected chi connectivity index (χ4v) is 3.34. The van der Waals surface area contributed by atoms with Gasteiger partial charge in [0.2, 0.25) is 5.95 Å². The first-order valence-electron chi connectivity index (χ1n) is 8.60. The van der Waals surface area contributed by atoms with Crippen LogP contribution < -0.4 is 0 Å². The minimum atomic E-state index is -4.38. The van der Waals surface area contributed by atoms with Crippen LogP contribution in [0.5, 0.6) is 0 Å². The number of rotatable bonds is 2. The van der Waals surface area contributed by atoms with Crippen molar-refractivity contribution in [2.75, 3.05) is 6.54 Å². The molecule has 0 spiro atoms. The van der Waals surface area contributed by atoms with Gasteiger partial charge in [0.25, 0.3) is 5.91 Å². The van der Waals surface area contributed by atoms with Gasteiger partial charge in [0, 0.05) is 13.1 Å². The number of hydrogen-bond acceptors (Lipinski definition) is 2. The van der Waals surface area contributed by atoms with Crippen LogP contribution >= 0.6 is 0 Å². The number of aromatic amines is 1. The lowest BCUT2D eigenvalue weighted by Gasteiger charge is -2.28. The van der Waals surface area contributed by atoms with Crippen molar-refractivity contribution in [3.8, 4) is 11.1 Å². The third kappa shape index (κ3) is 3.37. The molecular formula is C20H15F4N3O. The van der Waals surface area contributed by atoms with Gasteiger partial charge in [-0.05, 0) is 46.9 Å². The second kappa shape index (κ2) is 6.78. The SMILES string of the molecule is O=C(c1nc[nH]c1F)N1CCc2ccc(-c3ccc(C(F)(F)F)cc3)cc2C1. The van der Waals surface area contributed by atoms with Crippen molar-refractivity contribution < 1.29 is 22.4 Å². The topological polar surface area (TPSA) is 49.0 Å². The van der Waals surface area contributed by atoms with E-state index in [9.17, 15) is 22.4 Å². The van der Waals surface area contributed by atoms with Gasteiger partial charge in [-0.3, -0.25) is 4.79 Å². The predicted octanol–water partition coefficient (Wildman–Crippen LogP) is 4.43. The van der Waals surface area contributed by atoms with E-state index in [-0.39, 0.29) is 12.2 Å². The lowest BCUT2D eigenvalue weighted by molar-refractivity contribution is -0.137. The fraction of sp³-hybridized carbons (Fsp3) is 0.200. The Labute approximate surface area is 157 Å². The number of H-pyrrole nitrogens is 1. The van der Waals surface area contributed by atoms with E-state index in [1.54, 1.807) is 0 Å². The first kappa shape index (κ1) is 18.2. The Bertz CT molecular complexity index is 1020. The molecule has 0 unspecified atom stereocenters. The standard InChI is InChI=1S/C20H15F4N3O/c21-18-17(25-11-26-18)19(28)27-8-7-13-1-2-14(9-15(13)10-27)12-3-5-16(6-4-12)20(22,23)24/h1-6,9,11H,7-8,10H2,(H,25,26). The van der Waals surface area contributed by atoms with Gasteiger partial charge in [-0.15, -0.1) is 0 Å². The average molecular weight is 389 g/mol. The lowest BCUT2D eigenvalue weighted by Crippen LogP contribution is -2.36. The fourth-order valence-electron chi connectivity index (χ4n) is 3.34. The summed E-state index contributed by atoms with van der Waals surface area (Å²) >= 11 is 0. The summed E-state index contributed by atoms with van der Waals surface area (Å²) in [4.78, 5) is 20.0. The molecule has 1 aliphatic rings. The van der Waals surface area contributed by atoms with Crippen LogP contribution in [0.4, 0.5) is 17.6 Å². The number of alkyl halides is 3. The summed E-state index contributed by atoms with van der Waals surface area (Å²) in [5, 5.41) is 0. The molecule has 1 N–H and O–H groups in total. The monoisotopic (exact) mass is 389 g/mol. The van der Waals surface area contributed by atoms with Crippen LogP contribution in [0.25, 0.3) is 11.1 Å². The molecule has 4 rings (SSSR count). The second-order valence-electron chi connectivity index (χ2n) is 6.60. The molecule has 0 bridgehead atoms. The number of carbonyl (C=O) groups is 1. The summed E-state index contributed by atoms with van der Waals surface area (Å²) in [5.41, 5.74) is 2.40. The molecule has 1 aromatic heterocycles. The molecule has 0 atom stereocenters. The normalized spacial score (nSPS) is 14.1. The molecule has 0 aliphatic carbocycles. The van der Waals surface area contributed by atoms with Crippen LogP contribution in [-0.4, -0.2) is 27.3 Å². The molecule has 0 fully saturated rings. The Morgan fingerprint density at radius 3 is 2.39 bits per heavy atom. The maximum atomic E-state index is 13.6. The van der Waals surface area contributed by atoms with Crippen LogP contribution in [0.2, 0.25) is 0 Å².